The zero-order valence-electron chi connectivity index (χ0n) is 12.4. The summed E-state index contributed by atoms with van der Waals surface area (Å²) < 4.78 is 7.05. The fraction of sp³-hybridized carbons (Fsp3) is 0.500. The van der Waals surface area contributed by atoms with Gasteiger partial charge in [0.1, 0.15) is 11.9 Å². The van der Waals surface area contributed by atoms with Crippen LogP contribution in [0.15, 0.2) is 24.3 Å². The SMILES string of the molecule is CCCCC(C(=O)OC)n1c(CC)nc2ccccc21. The Labute approximate surface area is 119 Å². The van der Waals surface area contributed by atoms with Crippen molar-refractivity contribution >= 4 is 17.0 Å². The predicted molar refractivity (Wildman–Crippen MR) is 79.7 cm³/mol. The number of ether oxygens (including phenoxy) is 1. The maximum absolute atomic E-state index is 12.2. The molecule has 0 saturated carbocycles. The first-order valence-electron chi connectivity index (χ1n) is 7.26. The number of rotatable bonds is 6. The van der Waals surface area contributed by atoms with Gasteiger partial charge in [-0.25, -0.2) is 9.78 Å². The van der Waals surface area contributed by atoms with E-state index in [2.05, 4.69) is 23.4 Å². The lowest BCUT2D eigenvalue weighted by molar-refractivity contribution is -0.144. The average molecular weight is 274 g/mol. The van der Waals surface area contributed by atoms with E-state index in [0.29, 0.717) is 0 Å². The third-order valence-electron chi connectivity index (χ3n) is 3.60. The number of esters is 1. The number of carbonyl (C=O) groups excluding carboxylic acids is 1. The van der Waals surface area contributed by atoms with Crippen LogP contribution in [-0.4, -0.2) is 22.6 Å². The third-order valence-corrected chi connectivity index (χ3v) is 3.60. The molecule has 0 bridgehead atoms. The molecule has 1 atom stereocenters. The van der Waals surface area contributed by atoms with Crippen LogP contribution in [0.2, 0.25) is 0 Å². The third kappa shape index (κ3) is 2.69. The highest BCUT2D eigenvalue weighted by Crippen LogP contribution is 2.26. The molecule has 0 N–H and O–H groups in total. The fourth-order valence-electron chi connectivity index (χ4n) is 2.58. The molecule has 0 spiro atoms. The van der Waals surface area contributed by atoms with Crippen LogP contribution < -0.4 is 0 Å². The topological polar surface area (TPSA) is 44.1 Å². The summed E-state index contributed by atoms with van der Waals surface area (Å²) in [6.45, 7) is 4.19. The summed E-state index contributed by atoms with van der Waals surface area (Å²) in [5.41, 5.74) is 1.95. The number of hydrogen-bond acceptors (Lipinski definition) is 3. The highest BCUT2D eigenvalue weighted by molar-refractivity contribution is 5.81. The first-order chi connectivity index (χ1) is 9.72. The van der Waals surface area contributed by atoms with Gasteiger partial charge in [0.2, 0.25) is 0 Å². The Balaban J connectivity index is 2.53. The van der Waals surface area contributed by atoms with E-state index in [1.165, 1.54) is 7.11 Å². The molecular weight excluding hydrogens is 252 g/mol. The number of imidazole rings is 1. The molecule has 1 aromatic carbocycles. The number of para-hydroxylation sites is 2. The van der Waals surface area contributed by atoms with Gasteiger partial charge in [-0.2, -0.15) is 0 Å². The molecule has 20 heavy (non-hydrogen) atoms. The van der Waals surface area contributed by atoms with Gasteiger partial charge in [0.25, 0.3) is 0 Å². The number of aromatic nitrogens is 2. The van der Waals surface area contributed by atoms with Crippen molar-refractivity contribution in [2.24, 2.45) is 0 Å². The van der Waals surface area contributed by atoms with Gasteiger partial charge in [0.15, 0.2) is 0 Å². The van der Waals surface area contributed by atoms with Crippen molar-refractivity contribution in [1.82, 2.24) is 9.55 Å². The normalized spacial score (nSPS) is 12.6. The molecule has 4 heteroatoms. The number of hydrogen-bond donors (Lipinski definition) is 0. The van der Waals surface area contributed by atoms with Crippen LogP contribution in [0, 0.1) is 0 Å². The lowest BCUT2D eigenvalue weighted by Gasteiger charge is -2.19. The Morgan fingerprint density at radius 1 is 1.35 bits per heavy atom. The summed E-state index contributed by atoms with van der Waals surface area (Å²) >= 11 is 0. The molecule has 0 fully saturated rings. The van der Waals surface area contributed by atoms with E-state index in [0.717, 1.165) is 42.5 Å². The second kappa shape index (κ2) is 6.55. The number of unbranched alkanes of at least 4 members (excludes halogenated alkanes) is 1. The van der Waals surface area contributed by atoms with Gasteiger partial charge in [-0.1, -0.05) is 38.8 Å². The molecule has 0 amide bonds. The van der Waals surface area contributed by atoms with Crippen molar-refractivity contribution in [1.29, 1.82) is 0 Å². The smallest absolute Gasteiger partial charge is 0.328 e. The second-order valence-corrected chi connectivity index (χ2v) is 4.92. The molecule has 108 valence electrons. The quantitative estimate of drug-likeness (QED) is 0.757. The predicted octanol–water partition coefficient (Wildman–Crippen LogP) is 3.50. The standard InChI is InChI=1S/C16H22N2O2/c1-4-6-10-14(16(19)20-3)18-13-11-8-7-9-12(13)17-15(18)5-2/h7-9,11,14H,4-6,10H2,1-3H3. The highest BCUT2D eigenvalue weighted by atomic mass is 16.5. The number of benzene rings is 1. The van der Waals surface area contributed by atoms with E-state index < -0.39 is 0 Å². The summed E-state index contributed by atoms with van der Waals surface area (Å²) in [6, 6.07) is 7.68. The monoisotopic (exact) mass is 274 g/mol. The maximum atomic E-state index is 12.2. The molecule has 0 saturated heterocycles. The average Bonchev–Trinajstić information content (AvgIpc) is 2.86. The first kappa shape index (κ1) is 14.6. The molecule has 1 heterocycles. The number of aryl methyl sites for hydroxylation is 1. The molecule has 1 unspecified atom stereocenters. The second-order valence-electron chi connectivity index (χ2n) is 4.92. The molecule has 0 radical (unpaired) electrons. The number of methoxy groups -OCH3 is 1. The number of carbonyl (C=O) groups is 1. The van der Waals surface area contributed by atoms with Crippen LogP contribution in [0.5, 0.6) is 0 Å². The van der Waals surface area contributed by atoms with E-state index >= 15 is 0 Å². The molecule has 1 aromatic heterocycles. The van der Waals surface area contributed by atoms with Crippen molar-refractivity contribution in [2.75, 3.05) is 7.11 Å². The Kier molecular flexibility index (Phi) is 4.77. The number of nitrogens with zero attached hydrogens (tertiary/aromatic N) is 2. The highest BCUT2D eigenvalue weighted by Gasteiger charge is 2.25. The molecule has 2 aromatic rings. The van der Waals surface area contributed by atoms with Crippen LogP contribution in [0.1, 0.15) is 45.0 Å². The van der Waals surface area contributed by atoms with Crippen LogP contribution in [0.25, 0.3) is 11.0 Å². The Hall–Kier alpha value is -1.84. The minimum absolute atomic E-state index is 0.184. The first-order valence-corrected chi connectivity index (χ1v) is 7.26. The maximum Gasteiger partial charge on any atom is 0.328 e. The lowest BCUT2D eigenvalue weighted by Crippen LogP contribution is -2.22. The van der Waals surface area contributed by atoms with Crippen molar-refractivity contribution in [2.45, 2.75) is 45.6 Å². The summed E-state index contributed by atoms with van der Waals surface area (Å²) in [5.74, 6) is 0.758. The van der Waals surface area contributed by atoms with E-state index in [9.17, 15) is 4.79 Å². The van der Waals surface area contributed by atoms with Crippen LogP contribution in [0.3, 0.4) is 0 Å². The van der Waals surface area contributed by atoms with Gasteiger partial charge in [-0.15, -0.1) is 0 Å². The zero-order chi connectivity index (χ0) is 14.5. The molecular formula is C16H22N2O2. The van der Waals surface area contributed by atoms with Gasteiger partial charge in [0.05, 0.1) is 18.1 Å². The Morgan fingerprint density at radius 3 is 2.75 bits per heavy atom. The van der Waals surface area contributed by atoms with Crippen molar-refractivity contribution < 1.29 is 9.53 Å². The lowest BCUT2D eigenvalue weighted by atomic mass is 10.1. The van der Waals surface area contributed by atoms with E-state index in [4.69, 9.17) is 4.74 Å². The molecule has 0 aliphatic rings. The van der Waals surface area contributed by atoms with Gasteiger partial charge in [-0.05, 0) is 18.6 Å². The Morgan fingerprint density at radius 2 is 2.10 bits per heavy atom. The zero-order valence-corrected chi connectivity index (χ0v) is 12.4. The Bertz CT molecular complexity index is 589. The molecule has 4 nitrogen and oxygen atoms in total. The number of fused-ring (bicyclic) bond motifs is 1. The van der Waals surface area contributed by atoms with Crippen molar-refractivity contribution in [3.05, 3.63) is 30.1 Å². The largest absolute Gasteiger partial charge is 0.467 e. The van der Waals surface area contributed by atoms with Crippen LogP contribution >= 0.6 is 0 Å². The summed E-state index contributed by atoms with van der Waals surface area (Å²) in [4.78, 5) is 16.8. The van der Waals surface area contributed by atoms with Gasteiger partial charge in [-0.3, -0.25) is 0 Å². The van der Waals surface area contributed by atoms with Crippen molar-refractivity contribution in [3.8, 4) is 0 Å². The minimum atomic E-state index is -0.276. The van der Waals surface area contributed by atoms with E-state index in [1.807, 2.05) is 24.3 Å². The van der Waals surface area contributed by atoms with Crippen molar-refractivity contribution in [3.63, 3.8) is 0 Å². The van der Waals surface area contributed by atoms with E-state index in [1.54, 1.807) is 0 Å². The van der Waals surface area contributed by atoms with Crippen LogP contribution in [-0.2, 0) is 16.0 Å². The fourth-order valence-corrected chi connectivity index (χ4v) is 2.58. The molecule has 0 aliphatic carbocycles. The van der Waals surface area contributed by atoms with Gasteiger partial charge in [0, 0.05) is 6.42 Å². The van der Waals surface area contributed by atoms with Gasteiger partial charge >= 0.3 is 5.97 Å². The summed E-state index contributed by atoms with van der Waals surface area (Å²) in [7, 11) is 1.45. The van der Waals surface area contributed by atoms with Crippen LogP contribution in [0.4, 0.5) is 0 Å². The summed E-state index contributed by atoms with van der Waals surface area (Å²) in [6.07, 6.45) is 3.64. The molecule has 0 aliphatic heterocycles. The van der Waals surface area contributed by atoms with E-state index in [-0.39, 0.29) is 12.0 Å². The molecule has 2 rings (SSSR count). The summed E-state index contributed by atoms with van der Waals surface area (Å²) in [5, 5.41) is 0. The minimum Gasteiger partial charge on any atom is -0.467 e. The van der Waals surface area contributed by atoms with Gasteiger partial charge < -0.3 is 9.30 Å².